The van der Waals surface area contributed by atoms with Crippen molar-refractivity contribution >= 4 is 27.6 Å². The van der Waals surface area contributed by atoms with E-state index in [4.69, 9.17) is 0 Å². The summed E-state index contributed by atoms with van der Waals surface area (Å²) in [4.78, 5) is 16.7. The molecule has 1 aliphatic rings. The first-order chi connectivity index (χ1) is 19.2. The molecule has 0 radical (unpaired) electrons. The molecule has 0 unspecified atom stereocenters. The van der Waals surface area contributed by atoms with Gasteiger partial charge in [0, 0.05) is 46.8 Å². The molecule has 5 heterocycles. The van der Waals surface area contributed by atoms with Gasteiger partial charge in [-0.2, -0.15) is 5.10 Å². The van der Waals surface area contributed by atoms with Gasteiger partial charge in [-0.3, -0.25) is 15.1 Å². The van der Waals surface area contributed by atoms with Crippen LogP contribution in [0.3, 0.4) is 0 Å². The maximum atomic E-state index is 4.67. The van der Waals surface area contributed by atoms with Gasteiger partial charge in [0.05, 0.1) is 23.1 Å². The molecule has 0 bridgehead atoms. The van der Waals surface area contributed by atoms with Crippen molar-refractivity contribution in [3.05, 3.63) is 91.8 Å². The van der Waals surface area contributed by atoms with Gasteiger partial charge in [0.2, 0.25) is 0 Å². The summed E-state index contributed by atoms with van der Waals surface area (Å²) in [5, 5.41) is 13.5. The molecule has 1 saturated carbocycles. The molecule has 1 aliphatic carbocycles. The van der Waals surface area contributed by atoms with Crippen molar-refractivity contribution in [3.8, 4) is 33.6 Å². The molecule has 3 N–H and O–H groups in total. The highest BCUT2D eigenvalue weighted by molar-refractivity contribution is 6.00. The highest BCUT2D eigenvalue weighted by Gasteiger charge is 2.18. The van der Waals surface area contributed by atoms with E-state index in [-0.39, 0.29) is 0 Å². The number of rotatable bonds is 6. The van der Waals surface area contributed by atoms with E-state index in [1.807, 2.05) is 49.2 Å². The Kier molecular flexibility index (Phi) is 5.89. The standard InChI is InChI=1S/C32H29N7/c1-20(21-5-3-2-4-6-21)36-25-15-24(18-34-19-25)23-7-8-29-28(16-23)31(39-38-29)30-17-27-26(11-14-35-32(27)37-30)22-9-12-33-13-10-22/h7-19,21,36H,1-6H2,(H,35,37)(H,38,39). The lowest BCUT2D eigenvalue weighted by atomic mass is 9.87. The first kappa shape index (κ1) is 23.3. The zero-order valence-corrected chi connectivity index (χ0v) is 21.6. The molecule has 0 aliphatic heterocycles. The van der Waals surface area contributed by atoms with Crippen LogP contribution in [-0.2, 0) is 0 Å². The second kappa shape index (κ2) is 9.83. The third-order valence-corrected chi connectivity index (χ3v) is 7.82. The molecular weight excluding hydrogens is 482 g/mol. The van der Waals surface area contributed by atoms with Gasteiger partial charge < -0.3 is 10.3 Å². The fraction of sp³-hybridized carbons (Fsp3) is 0.188. The molecule has 192 valence electrons. The van der Waals surface area contributed by atoms with Crippen LogP contribution in [0, 0.1) is 5.92 Å². The highest BCUT2D eigenvalue weighted by Crippen LogP contribution is 2.35. The molecule has 7 heteroatoms. The molecule has 0 atom stereocenters. The fourth-order valence-corrected chi connectivity index (χ4v) is 5.74. The SMILES string of the molecule is C=C(Nc1cncc(-c2ccc3[nH]nc(-c4cc5c(-c6ccncc6)ccnc5[nH]4)c3c2)c1)C1CCCCC1. The Bertz CT molecular complexity index is 1790. The van der Waals surface area contributed by atoms with E-state index in [1.54, 1.807) is 0 Å². The Balaban J connectivity index is 1.23. The number of benzene rings is 1. The number of hydrogen-bond donors (Lipinski definition) is 3. The number of pyridine rings is 3. The predicted molar refractivity (Wildman–Crippen MR) is 157 cm³/mol. The van der Waals surface area contributed by atoms with Crippen LogP contribution < -0.4 is 5.32 Å². The zero-order valence-electron chi connectivity index (χ0n) is 21.6. The van der Waals surface area contributed by atoms with Crippen LogP contribution >= 0.6 is 0 Å². The number of H-pyrrole nitrogens is 2. The molecular formula is C32H29N7. The van der Waals surface area contributed by atoms with Crippen molar-refractivity contribution in [2.45, 2.75) is 32.1 Å². The summed E-state index contributed by atoms with van der Waals surface area (Å²) in [6.45, 7) is 4.34. The smallest absolute Gasteiger partial charge is 0.138 e. The number of nitrogens with zero attached hydrogens (tertiary/aromatic N) is 4. The van der Waals surface area contributed by atoms with E-state index < -0.39 is 0 Å². The van der Waals surface area contributed by atoms with Gasteiger partial charge in [0.15, 0.2) is 0 Å². The summed E-state index contributed by atoms with van der Waals surface area (Å²) in [7, 11) is 0. The molecule has 0 amide bonds. The van der Waals surface area contributed by atoms with Gasteiger partial charge in [-0.1, -0.05) is 31.9 Å². The third-order valence-electron chi connectivity index (χ3n) is 7.82. The molecule has 0 saturated heterocycles. The Labute approximate surface area is 226 Å². The lowest BCUT2D eigenvalue weighted by Gasteiger charge is -2.24. The van der Waals surface area contributed by atoms with E-state index in [0.29, 0.717) is 5.92 Å². The first-order valence-electron chi connectivity index (χ1n) is 13.5. The topological polar surface area (TPSA) is 95.2 Å². The van der Waals surface area contributed by atoms with Gasteiger partial charge >= 0.3 is 0 Å². The normalized spacial score (nSPS) is 14.2. The van der Waals surface area contributed by atoms with Crippen molar-refractivity contribution in [2.75, 3.05) is 5.32 Å². The van der Waals surface area contributed by atoms with E-state index in [9.17, 15) is 0 Å². The van der Waals surface area contributed by atoms with Crippen molar-refractivity contribution < 1.29 is 0 Å². The number of allylic oxidation sites excluding steroid dienone is 1. The van der Waals surface area contributed by atoms with E-state index in [0.717, 1.165) is 67.0 Å². The lowest BCUT2D eigenvalue weighted by molar-refractivity contribution is 0.405. The Morgan fingerprint density at radius 1 is 0.821 bits per heavy atom. The van der Waals surface area contributed by atoms with Crippen molar-refractivity contribution in [3.63, 3.8) is 0 Å². The van der Waals surface area contributed by atoms with Gasteiger partial charge in [-0.05, 0) is 77.9 Å². The lowest BCUT2D eigenvalue weighted by Crippen LogP contribution is -2.14. The molecule has 1 aromatic carbocycles. The molecule has 5 aromatic heterocycles. The van der Waals surface area contributed by atoms with E-state index in [2.05, 4.69) is 72.4 Å². The molecule has 7 rings (SSSR count). The summed E-state index contributed by atoms with van der Waals surface area (Å²) >= 11 is 0. The van der Waals surface area contributed by atoms with E-state index >= 15 is 0 Å². The summed E-state index contributed by atoms with van der Waals surface area (Å²) in [6.07, 6.45) is 15.6. The summed E-state index contributed by atoms with van der Waals surface area (Å²) in [5.74, 6) is 0.539. The summed E-state index contributed by atoms with van der Waals surface area (Å²) < 4.78 is 0. The minimum absolute atomic E-state index is 0.539. The van der Waals surface area contributed by atoms with Crippen LogP contribution in [0.25, 0.3) is 55.6 Å². The number of fused-ring (bicyclic) bond motifs is 2. The predicted octanol–water partition coefficient (Wildman–Crippen LogP) is 7.74. The third kappa shape index (κ3) is 4.46. The largest absolute Gasteiger partial charge is 0.358 e. The van der Waals surface area contributed by atoms with Gasteiger partial charge in [0.25, 0.3) is 0 Å². The Morgan fingerprint density at radius 3 is 2.56 bits per heavy atom. The maximum absolute atomic E-state index is 4.67. The Hall–Kier alpha value is -4.78. The summed E-state index contributed by atoms with van der Waals surface area (Å²) in [6, 6.07) is 16.7. The molecule has 1 fully saturated rings. The van der Waals surface area contributed by atoms with Crippen LogP contribution in [0.15, 0.2) is 91.8 Å². The minimum Gasteiger partial charge on any atom is -0.358 e. The quantitative estimate of drug-likeness (QED) is 0.213. The molecule has 6 aromatic rings. The number of nitrogens with one attached hydrogen (secondary N) is 3. The molecule has 39 heavy (non-hydrogen) atoms. The van der Waals surface area contributed by atoms with Crippen molar-refractivity contribution in [1.82, 2.24) is 30.1 Å². The van der Waals surface area contributed by atoms with Crippen LogP contribution in [0.5, 0.6) is 0 Å². The average molecular weight is 512 g/mol. The number of anilines is 1. The highest BCUT2D eigenvalue weighted by atomic mass is 15.1. The van der Waals surface area contributed by atoms with Gasteiger partial charge in [0.1, 0.15) is 11.3 Å². The average Bonchev–Trinajstić information content (AvgIpc) is 3.62. The second-order valence-corrected chi connectivity index (χ2v) is 10.3. The van der Waals surface area contributed by atoms with E-state index in [1.165, 1.54) is 32.1 Å². The van der Waals surface area contributed by atoms with Gasteiger partial charge in [-0.15, -0.1) is 0 Å². The number of aromatic nitrogens is 6. The maximum Gasteiger partial charge on any atom is 0.138 e. The van der Waals surface area contributed by atoms with Crippen LogP contribution in [0.1, 0.15) is 32.1 Å². The van der Waals surface area contributed by atoms with Gasteiger partial charge in [-0.25, -0.2) is 4.98 Å². The fourth-order valence-electron chi connectivity index (χ4n) is 5.74. The number of hydrogen-bond acceptors (Lipinski definition) is 5. The second-order valence-electron chi connectivity index (χ2n) is 10.3. The number of aromatic amines is 2. The first-order valence-corrected chi connectivity index (χ1v) is 13.5. The molecule has 0 spiro atoms. The Morgan fingerprint density at radius 2 is 1.69 bits per heavy atom. The monoisotopic (exact) mass is 511 g/mol. The van der Waals surface area contributed by atoms with Crippen molar-refractivity contribution in [1.29, 1.82) is 0 Å². The zero-order chi connectivity index (χ0) is 26.2. The van der Waals surface area contributed by atoms with Crippen LogP contribution in [0.4, 0.5) is 5.69 Å². The van der Waals surface area contributed by atoms with Crippen LogP contribution in [0.2, 0.25) is 0 Å². The van der Waals surface area contributed by atoms with Crippen LogP contribution in [-0.4, -0.2) is 30.1 Å². The molecule has 7 nitrogen and oxygen atoms in total. The minimum atomic E-state index is 0.539. The van der Waals surface area contributed by atoms with Crippen molar-refractivity contribution in [2.24, 2.45) is 5.92 Å². The summed E-state index contributed by atoms with van der Waals surface area (Å²) in [5.41, 5.74) is 9.98.